The highest BCUT2D eigenvalue weighted by Gasteiger charge is 2.25. The second-order valence-electron chi connectivity index (χ2n) is 5.20. The minimum atomic E-state index is -0.983. The number of hydrogen-bond acceptors (Lipinski definition) is 6. The molecule has 0 aromatic carbocycles. The van der Waals surface area contributed by atoms with Crippen LogP contribution in [0.3, 0.4) is 0 Å². The molecule has 2 unspecified atom stereocenters. The van der Waals surface area contributed by atoms with Gasteiger partial charge in [0.2, 0.25) is 5.95 Å². The van der Waals surface area contributed by atoms with Crippen LogP contribution in [-0.4, -0.2) is 52.1 Å². The molecule has 0 spiro atoms. The van der Waals surface area contributed by atoms with Crippen LogP contribution in [-0.2, 0) is 4.74 Å². The van der Waals surface area contributed by atoms with E-state index < -0.39 is 5.97 Å². The molecule has 6 nitrogen and oxygen atoms in total. The maximum atomic E-state index is 11.2. The van der Waals surface area contributed by atoms with Gasteiger partial charge in [0.15, 0.2) is 0 Å². The van der Waals surface area contributed by atoms with E-state index in [-0.39, 0.29) is 17.8 Å². The number of aromatic carboxylic acids is 1. The SMILES string of the molecule is CCCSc1nc(N2CC(C)OC(C)C2)ncc1C(=O)O. The van der Waals surface area contributed by atoms with E-state index in [1.165, 1.54) is 18.0 Å². The molecule has 1 fully saturated rings. The lowest BCUT2D eigenvalue weighted by Gasteiger charge is -2.35. The molecule has 0 amide bonds. The summed E-state index contributed by atoms with van der Waals surface area (Å²) in [6.07, 6.45) is 2.61. The summed E-state index contributed by atoms with van der Waals surface area (Å²) in [6, 6.07) is 0. The largest absolute Gasteiger partial charge is 0.478 e. The molecule has 1 saturated heterocycles. The number of carboxylic acids is 1. The Balaban J connectivity index is 2.25. The van der Waals surface area contributed by atoms with Gasteiger partial charge in [-0.25, -0.2) is 14.8 Å². The van der Waals surface area contributed by atoms with Crippen molar-refractivity contribution < 1.29 is 14.6 Å². The lowest BCUT2D eigenvalue weighted by molar-refractivity contribution is -0.00577. The average molecular weight is 311 g/mol. The lowest BCUT2D eigenvalue weighted by Crippen LogP contribution is -2.46. The van der Waals surface area contributed by atoms with Gasteiger partial charge in [-0.2, -0.15) is 0 Å². The van der Waals surface area contributed by atoms with Crippen LogP contribution in [0.4, 0.5) is 5.95 Å². The highest BCUT2D eigenvalue weighted by atomic mass is 32.2. The molecule has 1 aromatic rings. The van der Waals surface area contributed by atoms with Crippen LogP contribution in [0.25, 0.3) is 0 Å². The molecule has 0 bridgehead atoms. The van der Waals surface area contributed by atoms with Crippen LogP contribution < -0.4 is 4.90 Å². The van der Waals surface area contributed by atoms with Crippen molar-refractivity contribution in [3.8, 4) is 0 Å². The van der Waals surface area contributed by atoms with Gasteiger partial charge < -0.3 is 14.7 Å². The van der Waals surface area contributed by atoms with Crippen molar-refractivity contribution in [3.63, 3.8) is 0 Å². The van der Waals surface area contributed by atoms with Crippen LogP contribution in [0.2, 0.25) is 0 Å². The summed E-state index contributed by atoms with van der Waals surface area (Å²) in [5.74, 6) is 0.441. The molecule has 2 rings (SSSR count). The number of anilines is 1. The fourth-order valence-electron chi connectivity index (χ4n) is 2.31. The van der Waals surface area contributed by atoms with Gasteiger partial charge in [0.05, 0.1) is 12.2 Å². The maximum Gasteiger partial charge on any atom is 0.340 e. The van der Waals surface area contributed by atoms with Gasteiger partial charge in [-0.15, -0.1) is 11.8 Å². The Morgan fingerprint density at radius 1 is 1.48 bits per heavy atom. The number of nitrogens with zero attached hydrogens (tertiary/aromatic N) is 3. The van der Waals surface area contributed by atoms with Crippen molar-refractivity contribution in [1.82, 2.24) is 9.97 Å². The Morgan fingerprint density at radius 2 is 2.14 bits per heavy atom. The van der Waals surface area contributed by atoms with E-state index in [0.29, 0.717) is 24.1 Å². The smallest absolute Gasteiger partial charge is 0.340 e. The van der Waals surface area contributed by atoms with Crippen LogP contribution in [0.15, 0.2) is 11.2 Å². The molecule has 2 heterocycles. The molecule has 1 aliphatic heterocycles. The van der Waals surface area contributed by atoms with E-state index in [1.807, 2.05) is 13.8 Å². The molecular weight excluding hydrogens is 290 g/mol. The van der Waals surface area contributed by atoms with Gasteiger partial charge in [0.1, 0.15) is 10.6 Å². The summed E-state index contributed by atoms with van der Waals surface area (Å²) in [4.78, 5) is 22.0. The van der Waals surface area contributed by atoms with Crippen molar-refractivity contribution in [2.75, 3.05) is 23.7 Å². The number of aromatic nitrogens is 2. The monoisotopic (exact) mass is 311 g/mol. The van der Waals surface area contributed by atoms with E-state index in [2.05, 4.69) is 21.8 Å². The highest BCUT2D eigenvalue weighted by Crippen LogP contribution is 2.24. The predicted molar refractivity (Wildman–Crippen MR) is 82.2 cm³/mol. The fraction of sp³-hybridized carbons (Fsp3) is 0.643. The highest BCUT2D eigenvalue weighted by molar-refractivity contribution is 7.99. The Bertz CT molecular complexity index is 502. The third kappa shape index (κ3) is 4.07. The number of morpholine rings is 1. The molecule has 0 saturated carbocycles. The number of carbonyl (C=O) groups is 1. The Morgan fingerprint density at radius 3 is 2.71 bits per heavy atom. The van der Waals surface area contributed by atoms with Gasteiger partial charge in [0, 0.05) is 19.3 Å². The molecule has 7 heteroatoms. The summed E-state index contributed by atoms with van der Waals surface area (Å²) in [5, 5.41) is 9.77. The molecule has 116 valence electrons. The van der Waals surface area contributed by atoms with Crippen LogP contribution in [0.5, 0.6) is 0 Å². The zero-order chi connectivity index (χ0) is 15.4. The zero-order valence-corrected chi connectivity index (χ0v) is 13.4. The Labute approximate surface area is 128 Å². The second-order valence-corrected chi connectivity index (χ2v) is 6.29. The minimum absolute atomic E-state index is 0.114. The molecule has 0 aliphatic carbocycles. The number of hydrogen-bond donors (Lipinski definition) is 1. The Kier molecular flexibility index (Phi) is 5.41. The van der Waals surface area contributed by atoms with E-state index in [0.717, 1.165) is 12.2 Å². The number of rotatable bonds is 5. The first-order valence-corrected chi connectivity index (χ1v) is 8.13. The molecule has 1 aromatic heterocycles. The summed E-state index contributed by atoms with van der Waals surface area (Å²) in [5.41, 5.74) is 0.173. The topological polar surface area (TPSA) is 75.5 Å². The van der Waals surface area contributed by atoms with Crippen LogP contribution in [0, 0.1) is 0 Å². The fourth-order valence-corrected chi connectivity index (χ4v) is 3.15. The Hall–Kier alpha value is -1.34. The summed E-state index contributed by atoms with van der Waals surface area (Å²) in [6.45, 7) is 7.52. The summed E-state index contributed by atoms with van der Waals surface area (Å²) < 4.78 is 5.70. The van der Waals surface area contributed by atoms with Crippen LogP contribution in [0.1, 0.15) is 37.6 Å². The molecule has 21 heavy (non-hydrogen) atoms. The average Bonchev–Trinajstić information content (AvgIpc) is 2.43. The van der Waals surface area contributed by atoms with Gasteiger partial charge in [-0.05, 0) is 26.0 Å². The number of thioether (sulfide) groups is 1. The first kappa shape index (κ1) is 16.0. The normalized spacial score (nSPS) is 22.3. The molecular formula is C14H21N3O3S. The van der Waals surface area contributed by atoms with E-state index in [9.17, 15) is 9.90 Å². The third-order valence-corrected chi connectivity index (χ3v) is 4.31. The molecule has 1 N–H and O–H groups in total. The maximum absolute atomic E-state index is 11.2. The van der Waals surface area contributed by atoms with Crippen molar-refractivity contribution in [2.24, 2.45) is 0 Å². The van der Waals surface area contributed by atoms with Crippen molar-refractivity contribution >= 4 is 23.7 Å². The van der Waals surface area contributed by atoms with Gasteiger partial charge in [-0.1, -0.05) is 6.92 Å². The second kappa shape index (κ2) is 7.09. The standard InChI is InChI=1S/C14H21N3O3S/c1-4-5-21-12-11(13(18)19)6-15-14(16-12)17-7-9(2)20-10(3)8-17/h6,9-10H,4-5,7-8H2,1-3H3,(H,18,19). The van der Waals surface area contributed by atoms with Gasteiger partial charge >= 0.3 is 5.97 Å². The summed E-state index contributed by atoms with van der Waals surface area (Å²) in [7, 11) is 0. The predicted octanol–water partition coefficient (Wildman–Crippen LogP) is 2.29. The quantitative estimate of drug-likeness (QED) is 0.660. The van der Waals surface area contributed by atoms with Crippen molar-refractivity contribution in [1.29, 1.82) is 0 Å². The van der Waals surface area contributed by atoms with Crippen molar-refractivity contribution in [3.05, 3.63) is 11.8 Å². The van der Waals surface area contributed by atoms with E-state index in [1.54, 1.807) is 0 Å². The first-order valence-electron chi connectivity index (χ1n) is 7.14. The van der Waals surface area contributed by atoms with Gasteiger partial charge in [0.25, 0.3) is 0 Å². The molecule has 0 radical (unpaired) electrons. The van der Waals surface area contributed by atoms with Crippen molar-refractivity contribution in [2.45, 2.75) is 44.4 Å². The molecule has 1 aliphatic rings. The zero-order valence-electron chi connectivity index (χ0n) is 12.6. The van der Waals surface area contributed by atoms with Gasteiger partial charge in [-0.3, -0.25) is 0 Å². The minimum Gasteiger partial charge on any atom is -0.478 e. The third-order valence-electron chi connectivity index (χ3n) is 3.12. The van der Waals surface area contributed by atoms with E-state index in [4.69, 9.17) is 4.74 Å². The first-order chi connectivity index (χ1) is 10.0. The van der Waals surface area contributed by atoms with E-state index >= 15 is 0 Å². The lowest BCUT2D eigenvalue weighted by atomic mass is 10.2. The van der Waals surface area contributed by atoms with Crippen LogP contribution >= 0.6 is 11.8 Å². The number of carboxylic acid groups (broad SMARTS) is 1. The molecule has 2 atom stereocenters. The summed E-state index contributed by atoms with van der Waals surface area (Å²) >= 11 is 1.47. The number of ether oxygens (including phenoxy) is 1.